The number of carbonyl (C=O) groups is 3. The molecule has 2 aromatic carbocycles. The number of fused-ring (bicyclic) bond motifs is 1. The Hall–Kier alpha value is -3.75. The third-order valence-corrected chi connectivity index (χ3v) is 4.03. The molecule has 3 rings (SSSR count). The van der Waals surface area contributed by atoms with Gasteiger partial charge in [0.1, 0.15) is 0 Å². The Morgan fingerprint density at radius 2 is 1.72 bits per heavy atom. The first kappa shape index (κ1) is 20.0. The fourth-order valence-corrected chi connectivity index (χ4v) is 2.68. The Kier molecular flexibility index (Phi) is 5.87. The van der Waals surface area contributed by atoms with Crippen molar-refractivity contribution in [2.24, 2.45) is 0 Å². The number of carbonyl (C=O) groups excluding carboxylic acids is 3. The highest BCUT2D eigenvalue weighted by atomic mass is 19.3. The standard InChI is InChI=1S/C20H15F2NO6/c1-27-16-10-12(6-8-15(16)29-20(21)22)7-9-17(24)28-11-23-18(25)13-4-2-3-5-14(13)19(23)26/h2-10,20H,11H2,1H3/b9-7+. The highest BCUT2D eigenvalue weighted by Crippen LogP contribution is 2.30. The van der Waals surface area contributed by atoms with E-state index in [1.54, 1.807) is 12.1 Å². The summed E-state index contributed by atoms with van der Waals surface area (Å²) in [4.78, 5) is 37.1. The van der Waals surface area contributed by atoms with Gasteiger partial charge in [-0.3, -0.25) is 9.59 Å². The van der Waals surface area contributed by atoms with E-state index in [4.69, 9.17) is 9.47 Å². The summed E-state index contributed by atoms with van der Waals surface area (Å²) in [5.41, 5.74) is 0.964. The van der Waals surface area contributed by atoms with E-state index in [-0.39, 0.29) is 22.6 Å². The van der Waals surface area contributed by atoms with Crippen LogP contribution >= 0.6 is 0 Å². The van der Waals surface area contributed by atoms with E-state index in [9.17, 15) is 23.2 Å². The van der Waals surface area contributed by atoms with Crippen molar-refractivity contribution in [1.29, 1.82) is 0 Å². The van der Waals surface area contributed by atoms with Crippen LogP contribution in [0, 0.1) is 0 Å². The molecule has 1 aliphatic rings. The summed E-state index contributed by atoms with van der Waals surface area (Å²) in [5, 5.41) is 0. The molecule has 2 amide bonds. The molecule has 1 heterocycles. The maximum atomic E-state index is 12.3. The first-order chi connectivity index (χ1) is 13.9. The minimum atomic E-state index is -3.00. The molecule has 0 N–H and O–H groups in total. The van der Waals surface area contributed by atoms with Gasteiger partial charge >= 0.3 is 12.6 Å². The summed E-state index contributed by atoms with van der Waals surface area (Å²) in [6.45, 7) is -3.53. The van der Waals surface area contributed by atoms with Gasteiger partial charge in [0, 0.05) is 6.08 Å². The second-order valence-electron chi connectivity index (χ2n) is 5.80. The maximum Gasteiger partial charge on any atom is 0.387 e. The predicted molar refractivity (Wildman–Crippen MR) is 96.6 cm³/mol. The molecule has 150 valence electrons. The van der Waals surface area contributed by atoms with Crippen LogP contribution in [0.3, 0.4) is 0 Å². The molecular formula is C20H15F2NO6. The molecule has 0 aliphatic carbocycles. The smallest absolute Gasteiger partial charge is 0.387 e. The molecule has 0 spiro atoms. The monoisotopic (exact) mass is 403 g/mol. The Labute approximate surface area is 164 Å². The number of alkyl halides is 2. The number of halogens is 2. The highest BCUT2D eigenvalue weighted by Gasteiger charge is 2.35. The van der Waals surface area contributed by atoms with Crippen LogP contribution in [0.15, 0.2) is 48.5 Å². The number of rotatable bonds is 7. The summed E-state index contributed by atoms with van der Waals surface area (Å²) in [6, 6.07) is 10.4. The molecule has 1 aliphatic heterocycles. The van der Waals surface area contributed by atoms with Gasteiger partial charge in [0.05, 0.1) is 18.2 Å². The lowest BCUT2D eigenvalue weighted by atomic mass is 10.1. The van der Waals surface area contributed by atoms with E-state index in [0.29, 0.717) is 5.56 Å². The van der Waals surface area contributed by atoms with Gasteiger partial charge in [-0.2, -0.15) is 8.78 Å². The van der Waals surface area contributed by atoms with Gasteiger partial charge in [0.25, 0.3) is 11.8 Å². The van der Waals surface area contributed by atoms with Gasteiger partial charge in [-0.1, -0.05) is 18.2 Å². The van der Waals surface area contributed by atoms with Crippen molar-refractivity contribution in [3.05, 3.63) is 65.2 Å². The SMILES string of the molecule is COc1cc(/C=C/C(=O)OCN2C(=O)c3ccccc3C2=O)ccc1OC(F)F. The Morgan fingerprint density at radius 1 is 1.07 bits per heavy atom. The molecule has 2 aromatic rings. The van der Waals surface area contributed by atoms with Gasteiger partial charge in [0.2, 0.25) is 0 Å². The summed E-state index contributed by atoms with van der Waals surface area (Å²) in [5.74, 6) is -1.96. The van der Waals surface area contributed by atoms with Crippen LogP contribution in [0.5, 0.6) is 11.5 Å². The molecule has 29 heavy (non-hydrogen) atoms. The van der Waals surface area contributed by atoms with E-state index in [1.165, 1.54) is 43.5 Å². The quantitative estimate of drug-likeness (QED) is 0.401. The lowest BCUT2D eigenvalue weighted by Crippen LogP contribution is -2.32. The largest absolute Gasteiger partial charge is 0.493 e. The average Bonchev–Trinajstić information content (AvgIpc) is 2.95. The van der Waals surface area contributed by atoms with Crippen LogP contribution in [0.1, 0.15) is 26.3 Å². The molecule has 0 bridgehead atoms. The summed E-state index contributed by atoms with van der Waals surface area (Å²) < 4.78 is 38.9. The summed E-state index contributed by atoms with van der Waals surface area (Å²) in [7, 11) is 1.29. The molecule has 0 unspecified atom stereocenters. The average molecular weight is 403 g/mol. The van der Waals surface area contributed by atoms with E-state index in [2.05, 4.69) is 4.74 Å². The van der Waals surface area contributed by atoms with Gasteiger partial charge in [-0.05, 0) is 35.9 Å². The van der Waals surface area contributed by atoms with Crippen LogP contribution < -0.4 is 9.47 Å². The van der Waals surface area contributed by atoms with Gasteiger partial charge in [-0.15, -0.1) is 0 Å². The molecule has 0 aromatic heterocycles. The van der Waals surface area contributed by atoms with Crippen LogP contribution in [-0.2, 0) is 9.53 Å². The van der Waals surface area contributed by atoms with E-state index in [1.807, 2.05) is 0 Å². The number of amides is 2. The third kappa shape index (κ3) is 4.40. The van der Waals surface area contributed by atoms with Gasteiger partial charge in [-0.25, -0.2) is 9.69 Å². The second kappa shape index (κ2) is 8.51. The first-order valence-corrected chi connectivity index (χ1v) is 8.33. The van der Waals surface area contributed by atoms with Crippen LogP contribution in [0.4, 0.5) is 8.78 Å². The van der Waals surface area contributed by atoms with Crippen molar-refractivity contribution < 1.29 is 37.4 Å². The Morgan fingerprint density at radius 3 is 2.31 bits per heavy atom. The van der Waals surface area contributed by atoms with Crippen molar-refractivity contribution in [3.8, 4) is 11.5 Å². The summed E-state index contributed by atoms with van der Waals surface area (Å²) in [6.07, 6.45) is 2.43. The minimum Gasteiger partial charge on any atom is -0.493 e. The van der Waals surface area contributed by atoms with Gasteiger partial charge in [0.15, 0.2) is 18.2 Å². The number of ether oxygens (including phenoxy) is 3. The van der Waals surface area contributed by atoms with Crippen molar-refractivity contribution >= 4 is 23.9 Å². The maximum absolute atomic E-state index is 12.3. The van der Waals surface area contributed by atoms with E-state index < -0.39 is 31.1 Å². The molecule has 0 radical (unpaired) electrons. The van der Waals surface area contributed by atoms with Crippen LogP contribution in [0.25, 0.3) is 6.08 Å². The fraction of sp³-hybridized carbons (Fsp3) is 0.150. The number of methoxy groups -OCH3 is 1. The molecule has 0 saturated carbocycles. The predicted octanol–water partition coefficient (Wildman–Crippen LogP) is 3.11. The van der Waals surface area contributed by atoms with Crippen molar-refractivity contribution in [2.75, 3.05) is 13.8 Å². The number of benzene rings is 2. The fourth-order valence-electron chi connectivity index (χ4n) is 2.68. The molecule has 0 saturated heterocycles. The van der Waals surface area contributed by atoms with Crippen molar-refractivity contribution in [2.45, 2.75) is 6.61 Å². The van der Waals surface area contributed by atoms with E-state index in [0.717, 1.165) is 11.0 Å². The molecule has 9 heteroatoms. The lowest BCUT2D eigenvalue weighted by Gasteiger charge is -2.13. The molecule has 0 fully saturated rings. The molecular weight excluding hydrogens is 388 g/mol. The number of hydrogen-bond donors (Lipinski definition) is 0. The lowest BCUT2D eigenvalue weighted by molar-refractivity contribution is -0.140. The van der Waals surface area contributed by atoms with Gasteiger partial charge < -0.3 is 14.2 Å². The van der Waals surface area contributed by atoms with Crippen LogP contribution in [-0.4, -0.2) is 43.1 Å². The third-order valence-electron chi connectivity index (χ3n) is 4.03. The number of imide groups is 1. The number of esters is 1. The zero-order valence-corrected chi connectivity index (χ0v) is 15.1. The van der Waals surface area contributed by atoms with Crippen molar-refractivity contribution in [1.82, 2.24) is 4.90 Å². The zero-order chi connectivity index (χ0) is 21.0. The minimum absolute atomic E-state index is 0.0619. The first-order valence-electron chi connectivity index (χ1n) is 8.33. The topological polar surface area (TPSA) is 82.1 Å². The normalized spacial score (nSPS) is 13.2. The Bertz CT molecular complexity index is 954. The summed E-state index contributed by atoms with van der Waals surface area (Å²) >= 11 is 0. The Balaban J connectivity index is 1.61. The highest BCUT2D eigenvalue weighted by molar-refractivity contribution is 6.21. The zero-order valence-electron chi connectivity index (χ0n) is 15.1. The molecule has 7 nitrogen and oxygen atoms in total. The van der Waals surface area contributed by atoms with Crippen molar-refractivity contribution in [3.63, 3.8) is 0 Å². The van der Waals surface area contributed by atoms with E-state index >= 15 is 0 Å². The number of nitrogens with zero attached hydrogens (tertiary/aromatic N) is 1. The molecule has 0 atom stereocenters. The number of hydrogen-bond acceptors (Lipinski definition) is 6. The van der Waals surface area contributed by atoms with Crippen LogP contribution in [0.2, 0.25) is 0 Å². The second-order valence-corrected chi connectivity index (χ2v) is 5.80.